The number of hydrogen-bond donors (Lipinski definition) is 0. The van der Waals surface area contributed by atoms with Crippen LogP contribution in [0.25, 0.3) is 0 Å². The van der Waals surface area contributed by atoms with Crippen molar-refractivity contribution in [1.82, 2.24) is 9.80 Å². The van der Waals surface area contributed by atoms with Gasteiger partial charge in [0.05, 0.1) is 20.2 Å². The Kier molecular flexibility index (Phi) is 4.74. The van der Waals surface area contributed by atoms with E-state index in [1.165, 1.54) is 0 Å². The maximum Gasteiger partial charge on any atom is 0.226 e. The lowest BCUT2D eigenvalue weighted by Gasteiger charge is -2.42. The predicted molar refractivity (Wildman–Crippen MR) is 96.0 cm³/mol. The third-order valence-electron chi connectivity index (χ3n) is 5.59. The summed E-state index contributed by atoms with van der Waals surface area (Å²) in [5.74, 6) is 2.37. The fraction of sp³-hybridized carbons (Fsp3) is 0.600. The van der Waals surface area contributed by atoms with Crippen LogP contribution in [0.1, 0.15) is 25.7 Å². The Bertz CT molecular complexity index is 674. The molecule has 0 radical (unpaired) electrons. The molecule has 1 aromatic rings. The predicted octanol–water partition coefficient (Wildman–Crippen LogP) is 1.93. The summed E-state index contributed by atoms with van der Waals surface area (Å²) in [6.07, 6.45) is 3.70. The maximum atomic E-state index is 12.6. The normalized spacial score (nSPS) is 21.3. The lowest BCUT2D eigenvalue weighted by atomic mass is 9.93. The minimum absolute atomic E-state index is 0.0441. The van der Waals surface area contributed by atoms with Crippen LogP contribution in [0.15, 0.2) is 24.3 Å². The van der Waals surface area contributed by atoms with Gasteiger partial charge in [0.1, 0.15) is 17.6 Å². The van der Waals surface area contributed by atoms with E-state index in [1.807, 2.05) is 34.1 Å². The molecule has 2 heterocycles. The average Bonchev–Trinajstić information content (AvgIpc) is 3.49. The number of piperidine rings is 1. The minimum atomic E-state index is 0.0441. The highest BCUT2D eigenvalue weighted by Gasteiger charge is 2.39. The molecule has 3 fully saturated rings. The first-order valence-electron chi connectivity index (χ1n) is 9.52. The van der Waals surface area contributed by atoms with Gasteiger partial charge in [-0.3, -0.25) is 9.59 Å². The van der Waals surface area contributed by atoms with Crippen molar-refractivity contribution in [2.24, 2.45) is 11.8 Å². The number of carbonyl (C=O) groups excluding carboxylic acids is 2. The second kappa shape index (κ2) is 7.17. The number of hydrogen-bond acceptors (Lipinski definition) is 4. The number of benzene rings is 1. The van der Waals surface area contributed by atoms with Gasteiger partial charge in [-0.1, -0.05) is 6.07 Å². The number of likely N-dealkylation sites (tertiary alicyclic amines) is 2. The summed E-state index contributed by atoms with van der Waals surface area (Å²) in [7, 11) is 1.63. The van der Waals surface area contributed by atoms with E-state index in [0.29, 0.717) is 19.0 Å². The van der Waals surface area contributed by atoms with Crippen molar-refractivity contribution >= 4 is 11.8 Å². The zero-order valence-electron chi connectivity index (χ0n) is 15.2. The van der Waals surface area contributed by atoms with E-state index in [0.717, 1.165) is 50.3 Å². The molecule has 0 atom stereocenters. The van der Waals surface area contributed by atoms with E-state index >= 15 is 0 Å². The molecule has 2 aliphatic heterocycles. The summed E-state index contributed by atoms with van der Waals surface area (Å²) in [6, 6.07) is 7.53. The quantitative estimate of drug-likeness (QED) is 0.807. The molecule has 1 aromatic carbocycles. The third kappa shape index (κ3) is 3.64. The van der Waals surface area contributed by atoms with Crippen LogP contribution in [0.4, 0.5) is 0 Å². The molecule has 0 spiro atoms. The molecule has 0 bridgehead atoms. The summed E-state index contributed by atoms with van der Waals surface area (Å²) < 4.78 is 11.1. The molecule has 1 saturated carbocycles. The van der Waals surface area contributed by atoms with Gasteiger partial charge in [-0.2, -0.15) is 0 Å². The van der Waals surface area contributed by atoms with E-state index in [2.05, 4.69) is 0 Å². The summed E-state index contributed by atoms with van der Waals surface area (Å²) in [6.45, 7) is 2.72. The molecule has 2 saturated heterocycles. The summed E-state index contributed by atoms with van der Waals surface area (Å²) >= 11 is 0. The smallest absolute Gasteiger partial charge is 0.226 e. The van der Waals surface area contributed by atoms with Gasteiger partial charge in [-0.15, -0.1) is 0 Å². The van der Waals surface area contributed by atoms with Crippen LogP contribution in [0.2, 0.25) is 0 Å². The Morgan fingerprint density at radius 1 is 0.923 bits per heavy atom. The van der Waals surface area contributed by atoms with Crippen LogP contribution in [0.5, 0.6) is 11.5 Å². The molecule has 140 valence electrons. The van der Waals surface area contributed by atoms with E-state index in [4.69, 9.17) is 9.47 Å². The highest BCUT2D eigenvalue weighted by molar-refractivity contribution is 5.82. The van der Waals surface area contributed by atoms with Crippen molar-refractivity contribution in [3.05, 3.63) is 24.3 Å². The lowest BCUT2D eigenvalue weighted by Crippen LogP contribution is -2.58. The van der Waals surface area contributed by atoms with Crippen molar-refractivity contribution in [2.75, 3.05) is 33.3 Å². The van der Waals surface area contributed by atoms with Crippen molar-refractivity contribution in [3.8, 4) is 11.5 Å². The topological polar surface area (TPSA) is 59.1 Å². The Balaban J connectivity index is 1.21. The second-order valence-corrected chi connectivity index (χ2v) is 7.54. The van der Waals surface area contributed by atoms with Gasteiger partial charge in [0.2, 0.25) is 11.8 Å². The van der Waals surface area contributed by atoms with Crippen molar-refractivity contribution in [2.45, 2.75) is 31.8 Å². The van der Waals surface area contributed by atoms with Crippen LogP contribution in [0.3, 0.4) is 0 Å². The van der Waals surface area contributed by atoms with Crippen molar-refractivity contribution < 1.29 is 19.1 Å². The first-order chi connectivity index (χ1) is 12.6. The summed E-state index contributed by atoms with van der Waals surface area (Å²) in [5.41, 5.74) is 0. The van der Waals surface area contributed by atoms with Crippen LogP contribution in [-0.2, 0) is 9.59 Å². The first-order valence-corrected chi connectivity index (χ1v) is 9.52. The summed E-state index contributed by atoms with van der Waals surface area (Å²) in [4.78, 5) is 28.6. The highest BCUT2D eigenvalue weighted by Crippen LogP contribution is 2.33. The molecule has 6 nitrogen and oxygen atoms in total. The van der Waals surface area contributed by atoms with Gasteiger partial charge in [-0.05, 0) is 37.8 Å². The Hall–Kier alpha value is -2.24. The Morgan fingerprint density at radius 3 is 2.19 bits per heavy atom. The number of carbonyl (C=O) groups is 2. The highest BCUT2D eigenvalue weighted by atomic mass is 16.5. The van der Waals surface area contributed by atoms with Crippen LogP contribution < -0.4 is 9.47 Å². The third-order valence-corrected chi connectivity index (χ3v) is 5.59. The van der Waals surface area contributed by atoms with E-state index < -0.39 is 0 Å². The number of methoxy groups -OCH3 is 1. The zero-order valence-corrected chi connectivity index (χ0v) is 15.2. The maximum absolute atomic E-state index is 12.6. The van der Waals surface area contributed by atoms with Crippen molar-refractivity contribution in [1.29, 1.82) is 0 Å². The molecule has 3 aliphatic rings. The number of nitrogens with zero attached hydrogens (tertiary/aromatic N) is 2. The summed E-state index contributed by atoms with van der Waals surface area (Å²) in [5, 5.41) is 0. The van der Waals surface area contributed by atoms with Crippen LogP contribution >= 0.6 is 0 Å². The SMILES string of the molecule is COc1cccc(OC2CN(C(=O)C3CCN(C(=O)C4CC4)CC3)C2)c1. The largest absolute Gasteiger partial charge is 0.497 e. The fourth-order valence-electron chi connectivity index (χ4n) is 3.75. The van der Waals surface area contributed by atoms with Crippen LogP contribution in [-0.4, -0.2) is 61.0 Å². The molecule has 0 unspecified atom stereocenters. The van der Waals surface area contributed by atoms with E-state index in [9.17, 15) is 9.59 Å². The fourth-order valence-corrected chi connectivity index (χ4v) is 3.75. The molecule has 6 heteroatoms. The van der Waals surface area contributed by atoms with Gasteiger partial charge >= 0.3 is 0 Å². The number of rotatable bonds is 5. The zero-order chi connectivity index (χ0) is 18.1. The van der Waals surface area contributed by atoms with Crippen molar-refractivity contribution in [3.63, 3.8) is 0 Å². The van der Waals surface area contributed by atoms with Gasteiger partial charge < -0.3 is 19.3 Å². The molecule has 2 amide bonds. The number of amides is 2. The molecule has 1 aliphatic carbocycles. The Labute approximate surface area is 154 Å². The second-order valence-electron chi connectivity index (χ2n) is 7.54. The van der Waals surface area contributed by atoms with Gasteiger partial charge in [0.15, 0.2) is 0 Å². The van der Waals surface area contributed by atoms with Crippen LogP contribution in [0, 0.1) is 11.8 Å². The van der Waals surface area contributed by atoms with E-state index in [1.54, 1.807) is 7.11 Å². The first kappa shape index (κ1) is 17.2. The van der Waals surface area contributed by atoms with Gasteiger partial charge in [0, 0.05) is 31.0 Å². The van der Waals surface area contributed by atoms with E-state index in [-0.39, 0.29) is 23.8 Å². The number of ether oxygens (including phenoxy) is 2. The standard InChI is InChI=1S/C20H26N2O4/c1-25-16-3-2-4-17(11-16)26-18-12-22(13-18)20(24)15-7-9-21(10-8-15)19(23)14-5-6-14/h2-4,11,14-15,18H,5-10,12-13H2,1H3. The van der Waals surface area contributed by atoms with Gasteiger partial charge in [0.25, 0.3) is 0 Å². The molecular weight excluding hydrogens is 332 g/mol. The minimum Gasteiger partial charge on any atom is -0.497 e. The molecule has 4 rings (SSSR count). The lowest BCUT2D eigenvalue weighted by molar-refractivity contribution is -0.148. The molecule has 26 heavy (non-hydrogen) atoms. The molecule has 0 N–H and O–H groups in total. The molecular formula is C20H26N2O4. The van der Waals surface area contributed by atoms with Gasteiger partial charge in [-0.25, -0.2) is 0 Å². The monoisotopic (exact) mass is 358 g/mol. The average molecular weight is 358 g/mol. The molecule has 0 aromatic heterocycles. The Morgan fingerprint density at radius 2 is 1.54 bits per heavy atom.